The second-order valence-corrected chi connectivity index (χ2v) is 5.53. The van der Waals surface area contributed by atoms with Crippen LogP contribution in [-0.4, -0.2) is 52.5 Å². The van der Waals surface area contributed by atoms with Gasteiger partial charge in [0.2, 0.25) is 0 Å². The minimum absolute atomic E-state index is 0.0363. The molecule has 1 amide bonds. The molecule has 0 bridgehead atoms. The Morgan fingerprint density at radius 1 is 1.40 bits per heavy atom. The van der Waals surface area contributed by atoms with Crippen molar-refractivity contribution in [2.24, 2.45) is 0 Å². The second kappa shape index (κ2) is 10.3. The maximum atomic E-state index is 12.0. The van der Waals surface area contributed by atoms with Crippen LogP contribution in [0.25, 0.3) is 0 Å². The molecule has 1 aromatic carbocycles. The molecule has 1 aromatic rings. The Labute approximate surface area is 148 Å². The molecule has 1 aliphatic rings. The fourth-order valence-electron chi connectivity index (χ4n) is 2.49. The highest BCUT2D eigenvalue weighted by atomic mass is 16.5. The second-order valence-electron chi connectivity index (χ2n) is 5.53. The zero-order valence-corrected chi connectivity index (χ0v) is 14.5. The molecule has 0 radical (unpaired) electrons. The number of hydrogen-bond donors (Lipinski definition) is 2. The number of nitriles is 1. The lowest BCUT2D eigenvalue weighted by Crippen LogP contribution is -2.36. The maximum absolute atomic E-state index is 12.0. The number of methoxy groups -OCH3 is 1. The van der Waals surface area contributed by atoms with E-state index in [9.17, 15) is 10.1 Å². The van der Waals surface area contributed by atoms with Crippen LogP contribution >= 0.6 is 0 Å². The zero-order chi connectivity index (χ0) is 17.9. The van der Waals surface area contributed by atoms with Gasteiger partial charge >= 0.3 is 0 Å². The van der Waals surface area contributed by atoms with E-state index >= 15 is 0 Å². The smallest absolute Gasteiger partial charge is 0.263 e. The molecule has 0 unspecified atom stereocenters. The largest absolute Gasteiger partial charge is 0.385 e. The van der Waals surface area contributed by atoms with E-state index in [-0.39, 0.29) is 5.57 Å². The number of nitrogens with zero attached hydrogens (tertiary/aromatic N) is 2. The molecule has 1 saturated heterocycles. The Morgan fingerprint density at radius 2 is 2.16 bits per heavy atom. The van der Waals surface area contributed by atoms with Gasteiger partial charge in [-0.25, -0.2) is 0 Å². The van der Waals surface area contributed by atoms with Crippen molar-refractivity contribution in [2.75, 3.05) is 56.8 Å². The zero-order valence-electron chi connectivity index (χ0n) is 14.5. The lowest BCUT2D eigenvalue weighted by Gasteiger charge is -2.30. The topological polar surface area (TPSA) is 86.6 Å². The number of anilines is 2. The first-order valence-corrected chi connectivity index (χ1v) is 8.32. The summed E-state index contributed by atoms with van der Waals surface area (Å²) in [5.74, 6) is -0.394. The van der Waals surface area contributed by atoms with E-state index in [1.54, 1.807) is 7.11 Å². The summed E-state index contributed by atoms with van der Waals surface area (Å²) in [5, 5.41) is 15.0. The molecule has 7 heteroatoms. The number of ether oxygens (including phenoxy) is 2. The van der Waals surface area contributed by atoms with Crippen LogP contribution in [0, 0.1) is 11.3 Å². The number of morpholine rings is 1. The molecule has 0 atom stereocenters. The third kappa shape index (κ3) is 5.78. The maximum Gasteiger partial charge on any atom is 0.263 e. The van der Waals surface area contributed by atoms with Crippen LogP contribution in [0.15, 0.2) is 36.0 Å². The Hall–Kier alpha value is -2.56. The predicted octanol–water partition coefficient (Wildman–Crippen LogP) is 1.50. The van der Waals surface area contributed by atoms with Crippen molar-refractivity contribution in [3.05, 3.63) is 36.0 Å². The molecule has 1 heterocycles. The quantitative estimate of drug-likeness (QED) is 0.422. The average molecular weight is 344 g/mol. The SMILES string of the molecule is COCCCNC(=O)/C(C#N)=C\Nc1ccccc1N1CCOCC1. The first-order chi connectivity index (χ1) is 12.3. The molecule has 134 valence electrons. The number of benzene rings is 1. The van der Waals surface area contributed by atoms with Gasteiger partial charge in [0.25, 0.3) is 5.91 Å². The summed E-state index contributed by atoms with van der Waals surface area (Å²) in [6, 6.07) is 9.75. The van der Waals surface area contributed by atoms with Crippen molar-refractivity contribution in [1.82, 2.24) is 5.32 Å². The number of rotatable bonds is 8. The minimum Gasteiger partial charge on any atom is -0.385 e. The summed E-state index contributed by atoms with van der Waals surface area (Å²) in [5.41, 5.74) is 1.92. The van der Waals surface area contributed by atoms with Gasteiger partial charge in [-0.05, 0) is 18.6 Å². The summed E-state index contributed by atoms with van der Waals surface area (Å²) in [6.07, 6.45) is 2.15. The Morgan fingerprint density at radius 3 is 2.88 bits per heavy atom. The molecule has 0 saturated carbocycles. The van der Waals surface area contributed by atoms with E-state index in [1.165, 1.54) is 6.20 Å². The predicted molar refractivity (Wildman–Crippen MR) is 96.3 cm³/mol. The monoisotopic (exact) mass is 344 g/mol. The van der Waals surface area contributed by atoms with Crippen LogP contribution in [0.2, 0.25) is 0 Å². The minimum atomic E-state index is -0.394. The molecule has 1 aliphatic heterocycles. The standard InChI is InChI=1S/C18H24N4O3/c1-24-10-4-7-20-18(23)15(13-19)14-21-16-5-2-3-6-17(16)22-8-11-25-12-9-22/h2-3,5-6,14,21H,4,7-12H2,1H3,(H,20,23)/b15-14-. The first-order valence-electron chi connectivity index (χ1n) is 8.32. The molecule has 0 aromatic heterocycles. The van der Waals surface area contributed by atoms with Crippen molar-refractivity contribution in [3.63, 3.8) is 0 Å². The van der Waals surface area contributed by atoms with Crippen LogP contribution in [0.4, 0.5) is 11.4 Å². The van der Waals surface area contributed by atoms with Crippen LogP contribution in [0.5, 0.6) is 0 Å². The average Bonchev–Trinajstić information content (AvgIpc) is 2.67. The van der Waals surface area contributed by atoms with E-state index in [0.29, 0.717) is 32.8 Å². The van der Waals surface area contributed by atoms with E-state index in [4.69, 9.17) is 9.47 Å². The molecule has 2 rings (SSSR count). The van der Waals surface area contributed by atoms with E-state index in [0.717, 1.165) is 24.5 Å². The highest BCUT2D eigenvalue weighted by Gasteiger charge is 2.14. The lowest BCUT2D eigenvalue weighted by molar-refractivity contribution is -0.117. The molecular formula is C18H24N4O3. The van der Waals surface area contributed by atoms with Gasteiger partial charge < -0.3 is 25.0 Å². The van der Waals surface area contributed by atoms with Crippen molar-refractivity contribution >= 4 is 17.3 Å². The Bertz CT molecular complexity index is 633. The number of carbonyl (C=O) groups is 1. The number of nitrogens with one attached hydrogen (secondary N) is 2. The van der Waals surface area contributed by atoms with Crippen molar-refractivity contribution < 1.29 is 14.3 Å². The van der Waals surface area contributed by atoms with Crippen molar-refractivity contribution in [2.45, 2.75) is 6.42 Å². The van der Waals surface area contributed by atoms with E-state index in [2.05, 4.69) is 15.5 Å². The van der Waals surface area contributed by atoms with Crippen molar-refractivity contribution in [3.8, 4) is 6.07 Å². The van der Waals surface area contributed by atoms with Crippen molar-refractivity contribution in [1.29, 1.82) is 5.26 Å². The summed E-state index contributed by atoms with van der Waals surface area (Å²) >= 11 is 0. The molecule has 0 aliphatic carbocycles. The molecule has 2 N–H and O–H groups in total. The summed E-state index contributed by atoms with van der Waals surface area (Å²) in [6.45, 7) is 4.04. The Kier molecular flexibility index (Phi) is 7.76. The first kappa shape index (κ1) is 18.8. The number of hydrogen-bond acceptors (Lipinski definition) is 6. The van der Waals surface area contributed by atoms with E-state index in [1.807, 2.05) is 30.3 Å². The highest BCUT2D eigenvalue weighted by Crippen LogP contribution is 2.26. The summed E-state index contributed by atoms with van der Waals surface area (Å²) in [4.78, 5) is 14.3. The van der Waals surface area contributed by atoms with Gasteiger partial charge in [0.1, 0.15) is 11.6 Å². The Balaban J connectivity index is 2.01. The highest BCUT2D eigenvalue weighted by molar-refractivity contribution is 5.97. The van der Waals surface area contributed by atoms with Gasteiger partial charge in [-0.15, -0.1) is 0 Å². The molecular weight excluding hydrogens is 320 g/mol. The van der Waals surface area contributed by atoms with Gasteiger partial charge in [-0.2, -0.15) is 5.26 Å². The van der Waals surface area contributed by atoms with Gasteiger partial charge in [0.05, 0.1) is 24.6 Å². The van der Waals surface area contributed by atoms with Crippen LogP contribution in [0.3, 0.4) is 0 Å². The van der Waals surface area contributed by atoms with Gasteiger partial charge in [-0.3, -0.25) is 4.79 Å². The molecule has 1 fully saturated rings. The molecule has 0 spiro atoms. The normalized spacial score (nSPS) is 14.7. The summed E-state index contributed by atoms with van der Waals surface area (Å²) < 4.78 is 10.3. The van der Waals surface area contributed by atoms with Crippen LogP contribution in [0.1, 0.15) is 6.42 Å². The third-order valence-electron chi connectivity index (χ3n) is 3.80. The number of para-hydroxylation sites is 2. The molecule has 7 nitrogen and oxygen atoms in total. The third-order valence-corrected chi connectivity index (χ3v) is 3.80. The van der Waals surface area contributed by atoms with Gasteiger partial charge in [-0.1, -0.05) is 12.1 Å². The fraction of sp³-hybridized carbons (Fsp3) is 0.444. The molecule has 25 heavy (non-hydrogen) atoms. The van der Waals surface area contributed by atoms with Crippen LogP contribution < -0.4 is 15.5 Å². The lowest BCUT2D eigenvalue weighted by atomic mass is 10.2. The van der Waals surface area contributed by atoms with E-state index < -0.39 is 5.91 Å². The number of amides is 1. The number of carbonyl (C=O) groups excluding carboxylic acids is 1. The van der Waals surface area contributed by atoms with Gasteiger partial charge in [0, 0.05) is 39.6 Å². The van der Waals surface area contributed by atoms with Crippen LogP contribution in [-0.2, 0) is 14.3 Å². The van der Waals surface area contributed by atoms with Gasteiger partial charge in [0.15, 0.2) is 0 Å². The fourth-order valence-corrected chi connectivity index (χ4v) is 2.49. The summed E-state index contributed by atoms with van der Waals surface area (Å²) in [7, 11) is 1.61.